The van der Waals surface area contributed by atoms with E-state index in [1.807, 2.05) is 32.9 Å². The maximum absolute atomic E-state index is 12.5. The average Bonchev–Trinajstić information content (AvgIpc) is 2.85. The molecule has 0 radical (unpaired) electrons. The maximum atomic E-state index is 12.5. The van der Waals surface area contributed by atoms with Gasteiger partial charge in [0.1, 0.15) is 11.7 Å². The first kappa shape index (κ1) is 17.0. The van der Waals surface area contributed by atoms with E-state index in [0.29, 0.717) is 18.4 Å². The smallest absolute Gasteiger partial charge is 0.411 e. The van der Waals surface area contributed by atoms with Crippen molar-refractivity contribution in [2.24, 2.45) is 0 Å². The average molecular weight is 336 g/mol. The number of amides is 1. The van der Waals surface area contributed by atoms with Gasteiger partial charge in [-0.3, -0.25) is 9.88 Å². The lowest BCUT2D eigenvalue weighted by Gasteiger charge is -2.43. The number of pyridine rings is 1. The van der Waals surface area contributed by atoms with Crippen molar-refractivity contribution in [3.63, 3.8) is 0 Å². The molecule has 3 atom stereocenters. The van der Waals surface area contributed by atoms with Crippen LogP contribution in [0.3, 0.4) is 0 Å². The van der Waals surface area contributed by atoms with Gasteiger partial charge in [-0.1, -0.05) is 12.2 Å². The Hall–Kier alpha value is -2.86. The molecule has 1 fully saturated rings. The molecule has 0 N–H and O–H groups in total. The number of nitrogens with zero attached hydrogens (tertiary/aromatic N) is 4. The van der Waals surface area contributed by atoms with Gasteiger partial charge in [-0.05, 0) is 45.2 Å². The highest BCUT2D eigenvalue weighted by atomic mass is 16.6. The number of carbonyl (C=O) groups is 1. The molecule has 1 unspecified atom stereocenters. The summed E-state index contributed by atoms with van der Waals surface area (Å²) >= 11 is 0. The number of fused-ring (bicyclic) bond motifs is 2. The van der Waals surface area contributed by atoms with Crippen molar-refractivity contribution >= 4 is 6.09 Å². The van der Waals surface area contributed by atoms with Crippen LogP contribution in [0, 0.1) is 22.7 Å². The van der Waals surface area contributed by atoms with E-state index >= 15 is 0 Å². The van der Waals surface area contributed by atoms with Crippen molar-refractivity contribution in [1.29, 1.82) is 10.5 Å². The van der Waals surface area contributed by atoms with Crippen LogP contribution in [0.2, 0.25) is 0 Å². The van der Waals surface area contributed by atoms with E-state index in [2.05, 4.69) is 17.1 Å². The fourth-order valence-electron chi connectivity index (χ4n) is 3.56. The van der Waals surface area contributed by atoms with Crippen molar-refractivity contribution in [2.45, 2.75) is 56.7 Å². The fraction of sp³-hybridized carbons (Fsp3) is 0.474. The summed E-state index contributed by atoms with van der Waals surface area (Å²) in [4.78, 5) is 18.3. The lowest BCUT2D eigenvalue weighted by molar-refractivity contribution is 0.00562. The normalized spacial score (nSPS) is 27.5. The van der Waals surface area contributed by atoms with Crippen molar-refractivity contribution in [2.75, 3.05) is 0 Å². The van der Waals surface area contributed by atoms with Crippen LogP contribution in [0.25, 0.3) is 0 Å². The van der Waals surface area contributed by atoms with Crippen molar-refractivity contribution in [3.05, 3.63) is 41.7 Å². The third-order valence-electron chi connectivity index (χ3n) is 4.62. The third-order valence-corrected chi connectivity index (χ3v) is 4.62. The van der Waals surface area contributed by atoms with Gasteiger partial charge in [0, 0.05) is 12.4 Å². The first-order chi connectivity index (χ1) is 11.8. The molecule has 0 aromatic carbocycles. The predicted molar refractivity (Wildman–Crippen MR) is 90.3 cm³/mol. The second kappa shape index (κ2) is 5.89. The van der Waals surface area contributed by atoms with Crippen molar-refractivity contribution < 1.29 is 9.53 Å². The van der Waals surface area contributed by atoms with Gasteiger partial charge in [-0.25, -0.2) is 4.79 Å². The van der Waals surface area contributed by atoms with Crippen LogP contribution in [0.5, 0.6) is 0 Å². The van der Waals surface area contributed by atoms with E-state index in [4.69, 9.17) is 10.00 Å². The molecular formula is C19H20N4O2. The number of aromatic nitrogens is 1. The van der Waals surface area contributed by atoms with Gasteiger partial charge in [0.2, 0.25) is 0 Å². The molecule has 1 aromatic rings. The van der Waals surface area contributed by atoms with Crippen molar-refractivity contribution in [3.8, 4) is 12.1 Å². The van der Waals surface area contributed by atoms with Gasteiger partial charge >= 0.3 is 6.09 Å². The van der Waals surface area contributed by atoms with Crippen LogP contribution in [-0.4, -0.2) is 33.7 Å². The largest absolute Gasteiger partial charge is 0.444 e. The van der Waals surface area contributed by atoms with Crippen LogP contribution in [-0.2, 0) is 10.2 Å². The summed E-state index contributed by atoms with van der Waals surface area (Å²) in [7, 11) is 0. The van der Waals surface area contributed by atoms with Gasteiger partial charge < -0.3 is 4.74 Å². The molecule has 1 aromatic heterocycles. The molecule has 1 amide bonds. The summed E-state index contributed by atoms with van der Waals surface area (Å²) in [5.74, 6) is 0. The Balaban J connectivity index is 1.88. The zero-order valence-corrected chi connectivity index (χ0v) is 14.6. The van der Waals surface area contributed by atoms with Crippen molar-refractivity contribution in [1.82, 2.24) is 9.88 Å². The van der Waals surface area contributed by atoms with E-state index < -0.39 is 11.0 Å². The highest BCUT2D eigenvalue weighted by Gasteiger charge is 2.50. The highest BCUT2D eigenvalue weighted by Crippen LogP contribution is 2.44. The highest BCUT2D eigenvalue weighted by molar-refractivity contribution is 5.71. The zero-order valence-electron chi connectivity index (χ0n) is 14.6. The molecule has 25 heavy (non-hydrogen) atoms. The lowest BCUT2D eigenvalue weighted by atomic mass is 9.71. The van der Waals surface area contributed by atoms with E-state index in [0.717, 1.165) is 5.56 Å². The first-order valence-corrected chi connectivity index (χ1v) is 8.24. The fourth-order valence-corrected chi connectivity index (χ4v) is 3.56. The Morgan fingerprint density at radius 2 is 1.92 bits per heavy atom. The number of nitriles is 2. The number of piperidine rings is 1. The van der Waals surface area contributed by atoms with E-state index in [-0.39, 0.29) is 18.2 Å². The monoisotopic (exact) mass is 336 g/mol. The Labute approximate surface area is 147 Å². The summed E-state index contributed by atoms with van der Waals surface area (Å²) in [5, 5.41) is 19.0. The summed E-state index contributed by atoms with van der Waals surface area (Å²) < 4.78 is 5.51. The first-order valence-electron chi connectivity index (χ1n) is 8.24. The minimum Gasteiger partial charge on any atom is -0.444 e. The molecule has 2 bridgehead atoms. The van der Waals surface area contributed by atoms with Crippen LogP contribution in [0.1, 0.15) is 44.7 Å². The quantitative estimate of drug-likeness (QED) is 0.735. The van der Waals surface area contributed by atoms with Crippen LogP contribution >= 0.6 is 0 Å². The molecule has 6 heteroatoms. The van der Waals surface area contributed by atoms with Gasteiger partial charge in [0.15, 0.2) is 0 Å². The summed E-state index contributed by atoms with van der Waals surface area (Å²) in [6.07, 6.45) is 7.63. The molecule has 1 saturated heterocycles. The molecule has 0 spiro atoms. The Bertz CT molecular complexity index is 794. The molecule has 3 heterocycles. The van der Waals surface area contributed by atoms with Gasteiger partial charge in [-0.15, -0.1) is 0 Å². The molecule has 6 nitrogen and oxygen atoms in total. The summed E-state index contributed by atoms with van der Waals surface area (Å²) in [6, 6.07) is 5.82. The number of ether oxygens (including phenoxy) is 1. The number of hydrogen-bond donors (Lipinski definition) is 0. The molecule has 128 valence electrons. The molecule has 3 rings (SSSR count). The van der Waals surface area contributed by atoms with E-state index in [9.17, 15) is 10.1 Å². The van der Waals surface area contributed by atoms with Crippen LogP contribution in [0.4, 0.5) is 4.79 Å². The minimum absolute atomic E-state index is 0.195. The SMILES string of the molecule is CC(C)(C)OC(=O)N1[C@@H]2C=C[C@H]1CC(C#N)(c1cncc(C#N)c1)C2. The second-order valence-electron chi connectivity index (χ2n) is 7.58. The number of carbonyl (C=O) groups excluding carboxylic acids is 1. The number of rotatable bonds is 1. The zero-order chi connectivity index (χ0) is 18.2. The molecule has 2 aliphatic rings. The topological polar surface area (TPSA) is 90.0 Å². The Morgan fingerprint density at radius 3 is 2.44 bits per heavy atom. The molecule has 0 saturated carbocycles. The van der Waals surface area contributed by atoms with E-state index in [1.165, 1.54) is 6.20 Å². The minimum atomic E-state index is -0.767. The van der Waals surface area contributed by atoms with Gasteiger partial charge in [0.25, 0.3) is 0 Å². The lowest BCUT2D eigenvalue weighted by Crippen LogP contribution is -2.53. The van der Waals surface area contributed by atoms with Crippen LogP contribution < -0.4 is 0 Å². The van der Waals surface area contributed by atoms with E-state index in [1.54, 1.807) is 17.2 Å². The van der Waals surface area contributed by atoms with Crippen LogP contribution in [0.15, 0.2) is 30.6 Å². The Morgan fingerprint density at radius 1 is 1.28 bits per heavy atom. The molecule has 0 aliphatic carbocycles. The van der Waals surface area contributed by atoms with Gasteiger partial charge in [-0.2, -0.15) is 10.5 Å². The number of hydrogen-bond acceptors (Lipinski definition) is 5. The molecule has 2 aliphatic heterocycles. The Kier molecular flexibility index (Phi) is 4.00. The van der Waals surface area contributed by atoms with Gasteiger partial charge in [0.05, 0.1) is 29.1 Å². The molecular weight excluding hydrogens is 316 g/mol. The standard InChI is InChI=1S/C19H20N4O2/c1-18(2,3)25-17(24)23-15-4-5-16(23)8-19(7-15,12-21)14-6-13(9-20)10-22-11-14/h4-6,10-11,15-16H,7-8H2,1-3H3/t15-,16+,19?. The maximum Gasteiger partial charge on any atom is 0.411 e. The predicted octanol–water partition coefficient (Wildman–Crippen LogP) is 3.05. The third kappa shape index (κ3) is 3.08. The second-order valence-corrected chi connectivity index (χ2v) is 7.58. The summed E-state index contributed by atoms with van der Waals surface area (Å²) in [5.41, 5.74) is -0.165. The summed E-state index contributed by atoms with van der Waals surface area (Å²) in [6.45, 7) is 5.51.